The van der Waals surface area contributed by atoms with Crippen LogP contribution in [0.25, 0.3) is 11.4 Å². The fraction of sp³-hybridized carbons (Fsp3) is 0.368. The van der Waals surface area contributed by atoms with Crippen LogP contribution in [0, 0.1) is 12.3 Å². The number of benzene rings is 1. The molecule has 0 unspecified atom stereocenters. The summed E-state index contributed by atoms with van der Waals surface area (Å²) in [4.78, 5) is 21.2. The summed E-state index contributed by atoms with van der Waals surface area (Å²) in [6.07, 6.45) is 8.10. The number of nitrogens with one attached hydrogen (secondary N) is 1. The van der Waals surface area contributed by atoms with E-state index in [1.807, 2.05) is 30.3 Å². The lowest BCUT2D eigenvalue weighted by molar-refractivity contribution is -0.120. The highest BCUT2D eigenvalue weighted by molar-refractivity contribution is 5.99. The highest BCUT2D eigenvalue weighted by Gasteiger charge is 2.39. The second-order valence-electron chi connectivity index (χ2n) is 6.57. The van der Waals surface area contributed by atoms with E-state index in [2.05, 4.69) is 36.5 Å². The molecular weight excluding hydrogens is 342 g/mol. The molecule has 4 rings (SSSR count). The number of carbonyl (C=O) groups excluding carboxylic acids is 1. The maximum absolute atomic E-state index is 12.2. The van der Waals surface area contributed by atoms with E-state index >= 15 is 0 Å². The van der Waals surface area contributed by atoms with Gasteiger partial charge in [-0.15, -0.1) is 17.4 Å². The van der Waals surface area contributed by atoms with Gasteiger partial charge in [-0.05, 0) is 0 Å². The number of amidine groups is 1. The van der Waals surface area contributed by atoms with Gasteiger partial charge in [0.25, 0.3) is 0 Å². The minimum Gasteiger partial charge on any atom is -0.314 e. The molecular formula is C19H19N7O. The van der Waals surface area contributed by atoms with Crippen LogP contribution in [0.15, 0.2) is 45.6 Å². The van der Waals surface area contributed by atoms with E-state index < -0.39 is 5.66 Å². The predicted octanol–water partition coefficient (Wildman–Crippen LogP) is 2.85. The highest BCUT2D eigenvalue weighted by Crippen LogP contribution is 2.37. The molecule has 0 bridgehead atoms. The lowest BCUT2D eigenvalue weighted by Crippen LogP contribution is -2.33. The van der Waals surface area contributed by atoms with Crippen LogP contribution in [0.4, 0.5) is 5.95 Å². The summed E-state index contributed by atoms with van der Waals surface area (Å²) in [5.41, 5.74) is 0.498. The minimum atomic E-state index is -0.442. The summed E-state index contributed by atoms with van der Waals surface area (Å²) in [6, 6.07) is 9.75. The van der Waals surface area contributed by atoms with E-state index in [9.17, 15) is 4.79 Å². The van der Waals surface area contributed by atoms with Crippen LogP contribution in [-0.4, -0.2) is 32.2 Å². The van der Waals surface area contributed by atoms with Crippen molar-refractivity contribution in [3.05, 3.63) is 30.3 Å². The molecule has 1 aromatic carbocycles. The molecule has 2 aromatic rings. The number of hydrogen-bond acceptors (Lipinski definition) is 6. The second kappa shape index (κ2) is 7.11. The first-order valence-electron chi connectivity index (χ1n) is 8.93. The molecule has 0 fully saturated rings. The van der Waals surface area contributed by atoms with Crippen LogP contribution in [0.5, 0.6) is 0 Å². The zero-order valence-corrected chi connectivity index (χ0v) is 14.8. The summed E-state index contributed by atoms with van der Waals surface area (Å²) in [7, 11) is 0. The number of fused-ring (bicyclic) bond motifs is 1. The number of hydrogen-bond donors (Lipinski definition) is 1. The minimum absolute atomic E-state index is 0.0950. The fourth-order valence-electron chi connectivity index (χ4n) is 2.96. The number of aliphatic imine (C=N–C) groups is 1. The van der Waals surface area contributed by atoms with Gasteiger partial charge in [0.05, 0.1) is 6.54 Å². The molecule has 1 N–H and O–H groups in total. The Hall–Kier alpha value is -3.34. The summed E-state index contributed by atoms with van der Waals surface area (Å²) < 4.78 is 1.76. The monoisotopic (exact) mass is 361 g/mol. The van der Waals surface area contributed by atoms with Gasteiger partial charge in [-0.25, -0.2) is 4.68 Å². The predicted molar refractivity (Wildman–Crippen MR) is 100 cm³/mol. The molecule has 0 saturated carbocycles. The average molecular weight is 361 g/mol. The van der Waals surface area contributed by atoms with E-state index in [-0.39, 0.29) is 5.91 Å². The molecule has 1 aromatic heterocycles. The van der Waals surface area contributed by atoms with Crippen LogP contribution >= 0.6 is 0 Å². The van der Waals surface area contributed by atoms with E-state index in [1.165, 1.54) is 0 Å². The number of nitrogens with zero attached hydrogens (tertiary/aromatic N) is 6. The van der Waals surface area contributed by atoms with Crippen molar-refractivity contribution in [2.45, 2.75) is 44.3 Å². The van der Waals surface area contributed by atoms with Gasteiger partial charge in [0, 0.05) is 37.7 Å². The topological polar surface area (TPSA) is 96.9 Å². The Morgan fingerprint density at radius 3 is 2.81 bits per heavy atom. The zero-order chi connectivity index (χ0) is 18.7. The lowest BCUT2D eigenvalue weighted by Gasteiger charge is -2.14. The third-order valence-corrected chi connectivity index (χ3v) is 4.57. The van der Waals surface area contributed by atoms with Crippen molar-refractivity contribution in [2.24, 2.45) is 15.2 Å². The maximum atomic E-state index is 12.2. The van der Waals surface area contributed by atoms with Crippen molar-refractivity contribution in [1.82, 2.24) is 20.1 Å². The largest absolute Gasteiger partial charge is 0.314 e. The van der Waals surface area contributed by atoms with Gasteiger partial charge in [0.2, 0.25) is 11.9 Å². The normalized spacial score (nSPS) is 16.2. The molecule has 0 aliphatic carbocycles. The Morgan fingerprint density at radius 2 is 2.07 bits per heavy atom. The van der Waals surface area contributed by atoms with Crippen molar-refractivity contribution in [3.63, 3.8) is 0 Å². The van der Waals surface area contributed by atoms with Crippen molar-refractivity contribution in [1.29, 1.82) is 0 Å². The molecule has 8 nitrogen and oxygen atoms in total. The van der Waals surface area contributed by atoms with E-state index in [4.69, 9.17) is 6.42 Å². The van der Waals surface area contributed by atoms with Gasteiger partial charge in [0.15, 0.2) is 11.5 Å². The summed E-state index contributed by atoms with van der Waals surface area (Å²) in [5.74, 6) is 4.24. The maximum Gasteiger partial charge on any atom is 0.250 e. The van der Waals surface area contributed by atoms with Crippen LogP contribution in [0.1, 0.15) is 32.1 Å². The second-order valence-corrected chi connectivity index (χ2v) is 6.57. The number of aryl methyl sites for hydroxylation is 1. The standard InChI is InChI=1S/C19H19N7O/c1-2-3-11-19(24-25-19)12-9-16(27)20-15-10-13-26-18(21-15)22-17(23-26)14-7-5-4-6-8-14/h1,4-8H,3,9-13H2,(H,20,21,22,23,27). The number of terminal acetylenes is 1. The third kappa shape index (κ3) is 3.92. The first-order valence-corrected chi connectivity index (χ1v) is 8.93. The summed E-state index contributed by atoms with van der Waals surface area (Å²) in [6.45, 7) is 0.630. The summed E-state index contributed by atoms with van der Waals surface area (Å²) >= 11 is 0. The molecule has 136 valence electrons. The molecule has 0 radical (unpaired) electrons. The quantitative estimate of drug-likeness (QED) is 0.801. The Kier molecular flexibility index (Phi) is 4.50. The summed E-state index contributed by atoms with van der Waals surface area (Å²) in [5, 5.41) is 15.5. The SMILES string of the molecule is C#CCCC1(CCC(=O)NC2=Nc3nc(-c4ccccc4)nn3CC2)N=N1. The molecule has 3 heterocycles. The van der Waals surface area contributed by atoms with Crippen molar-refractivity contribution in [2.75, 3.05) is 0 Å². The Bertz CT molecular complexity index is 946. The number of aromatic nitrogens is 3. The van der Waals surface area contributed by atoms with Crippen LogP contribution < -0.4 is 5.32 Å². The lowest BCUT2D eigenvalue weighted by atomic mass is 10.0. The van der Waals surface area contributed by atoms with Crippen LogP contribution in [0.3, 0.4) is 0 Å². The fourth-order valence-corrected chi connectivity index (χ4v) is 2.96. The van der Waals surface area contributed by atoms with E-state index in [1.54, 1.807) is 4.68 Å². The third-order valence-electron chi connectivity index (χ3n) is 4.57. The van der Waals surface area contributed by atoms with Crippen molar-refractivity contribution >= 4 is 17.7 Å². The Labute approximate surface area is 156 Å². The van der Waals surface area contributed by atoms with E-state index in [0.717, 1.165) is 5.56 Å². The molecule has 27 heavy (non-hydrogen) atoms. The molecule has 2 aliphatic heterocycles. The van der Waals surface area contributed by atoms with E-state index in [0.29, 0.717) is 56.3 Å². The van der Waals surface area contributed by atoms with Gasteiger partial charge in [0.1, 0.15) is 5.84 Å². The number of rotatable bonds is 6. The average Bonchev–Trinajstić information content (AvgIpc) is 3.34. The molecule has 0 atom stereocenters. The van der Waals surface area contributed by atoms with Gasteiger partial charge in [-0.2, -0.15) is 20.2 Å². The highest BCUT2D eigenvalue weighted by atomic mass is 16.1. The molecule has 1 amide bonds. The van der Waals surface area contributed by atoms with Crippen molar-refractivity contribution in [3.8, 4) is 23.7 Å². The Balaban J connectivity index is 1.36. The van der Waals surface area contributed by atoms with Gasteiger partial charge in [-0.3, -0.25) is 4.79 Å². The first kappa shape index (κ1) is 17.1. The van der Waals surface area contributed by atoms with Crippen LogP contribution in [-0.2, 0) is 11.3 Å². The van der Waals surface area contributed by atoms with Crippen molar-refractivity contribution < 1.29 is 4.79 Å². The number of amides is 1. The number of carbonyl (C=O) groups is 1. The van der Waals surface area contributed by atoms with Gasteiger partial charge < -0.3 is 5.32 Å². The molecule has 2 aliphatic rings. The van der Waals surface area contributed by atoms with Gasteiger partial charge in [-0.1, -0.05) is 30.3 Å². The molecule has 0 saturated heterocycles. The zero-order valence-electron chi connectivity index (χ0n) is 14.8. The Morgan fingerprint density at radius 1 is 1.26 bits per heavy atom. The first-order chi connectivity index (χ1) is 13.2. The molecule has 0 spiro atoms. The van der Waals surface area contributed by atoms with Gasteiger partial charge >= 0.3 is 0 Å². The molecule has 8 heteroatoms. The smallest absolute Gasteiger partial charge is 0.250 e. The van der Waals surface area contributed by atoms with Crippen LogP contribution in [0.2, 0.25) is 0 Å².